The Morgan fingerprint density at radius 2 is 2.26 bits per heavy atom. The number of fused-ring (bicyclic) bond motifs is 1. The standard InChI is InChI=1S/C17H23FN2O3/c1-20(10-15(21)11-4-5-11)17(22)19-14-3-2-8-23-16-9-12(18)6-7-13(14)16/h6-7,9,11,14-15,21H,2-5,8,10H2,1H3,(H,19,22). The van der Waals surface area contributed by atoms with Crippen LogP contribution in [0.1, 0.15) is 37.3 Å². The van der Waals surface area contributed by atoms with Crippen molar-refractivity contribution < 1.29 is 19.0 Å². The zero-order valence-electron chi connectivity index (χ0n) is 13.3. The monoisotopic (exact) mass is 322 g/mol. The maximum absolute atomic E-state index is 13.4. The van der Waals surface area contributed by atoms with Crippen molar-refractivity contribution in [3.8, 4) is 5.75 Å². The molecule has 1 heterocycles. The molecule has 0 spiro atoms. The third-order valence-corrected chi connectivity index (χ3v) is 4.52. The zero-order valence-corrected chi connectivity index (χ0v) is 13.3. The van der Waals surface area contributed by atoms with Crippen molar-refractivity contribution in [3.63, 3.8) is 0 Å². The van der Waals surface area contributed by atoms with Gasteiger partial charge in [0.2, 0.25) is 0 Å². The summed E-state index contributed by atoms with van der Waals surface area (Å²) in [5.41, 5.74) is 0.799. The largest absolute Gasteiger partial charge is 0.493 e. The van der Waals surface area contributed by atoms with Crippen LogP contribution in [0.5, 0.6) is 5.75 Å². The molecule has 126 valence electrons. The van der Waals surface area contributed by atoms with E-state index in [4.69, 9.17) is 4.74 Å². The van der Waals surface area contributed by atoms with Gasteiger partial charge in [0.1, 0.15) is 11.6 Å². The van der Waals surface area contributed by atoms with Crippen LogP contribution < -0.4 is 10.1 Å². The highest BCUT2D eigenvalue weighted by atomic mass is 19.1. The third kappa shape index (κ3) is 3.93. The highest BCUT2D eigenvalue weighted by Crippen LogP contribution is 2.33. The zero-order chi connectivity index (χ0) is 16.4. The van der Waals surface area contributed by atoms with E-state index in [1.807, 2.05) is 0 Å². The van der Waals surface area contributed by atoms with Crippen molar-refractivity contribution in [2.45, 2.75) is 37.8 Å². The van der Waals surface area contributed by atoms with Crippen molar-refractivity contribution in [2.24, 2.45) is 5.92 Å². The lowest BCUT2D eigenvalue weighted by atomic mass is 10.0. The Hall–Kier alpha value is -1.82. The summed E-state index contributed by atoms with van der Waals surface area (Å²) in [7, 11) is 1.68. The molecule has 1 aliphatic carbocycles. The van der Waals surface area contributed by atoms with Crippen LogP contribution >= 0.6 is 0 Å². The Kier molecular flexibility index (Phi) is 4.71. The Labute approximate surface area is 135 Å². The lowest BCUT2D eigenvalue weighted by Crippen LogP contribution is -2.43. The van der Waals surface area contributed by atoms with Gasteiger partial charge in [-0.15, -0.1) is 0 Å². The summed E-state index contributed by atoms with van der Waals surface area (Å²) in [4.78, 5) is 13.9. The minimum atomic E-state index is -0.454. The fourth-order valence-corrected chi connectivity index (χ4v) is 2.95. The molecule has 6 heteroatoms. The van der Waals surface area contributed by atoms with E-state index in [9.17, 15) is 14.3 Å². The molecule has 1 aliphatic heterocycles. The van der Waals surface area contributed by atoms with Gasteiger partial charge < -0.3 is 20.1 Å². The van der Waals surface area contributed by atoms with Gasteiger partial charge in [0, 0.05) is 25.2 Å². The molecular weight excluding hydrogens is 299 g/mol. The van der Waals surface area contributed by atoms with E-state index >= 15 is 0 Å². The molecule has 23 heavy (non-hydrogen) atoms. The average Bonchev–Trinajstić information content (AvgIpc) is 3.34. The fourth-order valence-electron chi connectivity index (χ4n) is 2.95. The van der Waals surface area contributed by atoms with Gasteiger partial charge in [-0.2, -0.15) is 0 Å². The molecule has 2 amide bonds. The molecule has 0 saturated heterocycles. The summed E-state index contributed by atoms with van der Waals surface area (Å²) in [6, 6.07) is 3.97. The van der Waals surface area contributed by atoms with Crippen LogP contribution in [0, 0.1) is 11.7 Å². The van der Waals surface area contributed by atoms with Crippen LogP contribution in [0.25, 0.3) is 0 Å². The second kappa shape index (κ2) is 6.74. The third-order valence-electron chi connectivity index (χ3n) is 4.52. The van der Waals surface area contributed by atoms with Gasteiger partial charge >= 0.3 is 6.03 Å². The number of aliphatic hydroxyl groups excluding tert-OH is 1. The summed E-state index contributed by atoms with van der Waals surface area (Å²) in [5, 5.41) is 12.9. The van der Waals surface area contributed by atoms with Crippen LogP contribution in [0.2, 0.25) is 0 Å². The normalized spacial score (nSPS) is 21.6. The molecular formula is C17H23FN2O3. The van der Waals surface area contributed by atoms with Gasteiger partial charge in [-0.1, -0.05) is 6.07 Å². The van der Waals surface area contributed by atoms with Crippen molar-refractivity contribution in [2.75, 3.05) is 20.2 Å². The molecule has 1 aromatic carbocycles. The van der Waals surface area contributed by atoms with Crippen molar-refractivity contribution >= 4 is 6.03 Å². The lowest BCUT2D eigenvalue weighted by molar-refractivity contribution is 0.112. The van der Waals surface area contributed by atoms with Crippen molar-refractivity contribution in [1.29, 1.82) is 0 Å². The van der Waals surface area contributed by atoms with Gasteiger partial charge in [-0.25, -0.2) is 9.18 Å². The van der Waals surface area contributed by atoms with E-state index in [0.29, 0.717) is 24.8 Å². The summed E-state index contributed by atoms with van der Waals surface area (Å²) < 4.78 is 18.9. The van der Waals surface area contributed by atoms with Gasteiger partial charge in [-0.3, -0.25) is 0 Å². The number of halogens is 1. The maximum Gasteiger partial charge on any atom is 0.317 e. The molecule has 3 rings (SSSR count). The number of amides is 2. The number of rotatable bonds is 4. The van der Waals surface area contributed by atoms with Crippen LogP contribution in [-0.4, -0.2) is 42.3 Å². The molecule has 0 aromatic heterocycles. The molecule has 1 saturated carbocycles. The van der Waals surface area contributed by atoms with Crippen molar-refractivity contribution in [3.05, 3.63) is 29.6 Å². The van der Waals surface area contributed by atoms with E-state index < -0.39 is 6.10 Å². The molecule has 1 fully saturated rings. The number of aliphatic hydroxyl groups is 1. The number of carbonyl (C=O) groups excluding carboxylic acids is 1. The molecule has 2 aliphatic rings. The van der Waals surface area contributed by atoms with Gasteiger partial charge in [-0.05, 0) is 37.7 Å². The topological polar surface area (TPSA) is 61.8 Å². The van der Waals surface area contributed by atoms with Gasteiger partial charge in [0.25, 0.3) is 0 Å². The summed E-state index contributed by atoms with van der Waals surface area (Å²) >= 11 is 0. The SMILES string of the molecule is CN(CC(O)C1CC1)C(=O)NC1CCCOc2cc(F)ccc21. The number of ether oxygens (including phenoxy) is 1. The average molecular weight is 322 g/mol. The molecule has 2 N–H and O–H groups in total. The number of benzene rings is 1. The number of nitrogens with one attached hydrogen (secondary N) is 1. The second-order valence-electron chi connectivity index (χ2n) is 6.46. The highest BCUT2D eigenvalue weighted by molar-refractivity contribution is 5.74. The van der Waals surface area contributed by atoms with E-state index in [2.05, 4.69) is 5.32 Å². The summed E-state index contributed by atoms with van der Waals surface area (Å²) in [5.74, 6) is 0.481. The molecule has 0 bridgehead atoms. The van der Waals surface area contributed by atoms with Crippen molar-refractivity contribution in [1.82, 2.24) is 10.2 Å². The van der Waals surface area contributed by atoms with Crippen LogP contribution in [0.15, 0.2) is 18.2 Å². The van der Waals surface area contributed by atoms with Crippen LogP contribution in [0.3, 0.4) is 0 Å². The summed E-state index contributed by atoms with van der Waals surface area (Å²) in [6.45, 7) is 0.842. The number of hydrogen-bond acceptors (Lipinski definition) is 3. The van der Waals surface area contributed by atoms with Gasteiger partial charge in [0.15, 0.2) is 0 Å². The van der Waals surface area contributed by atoms with Crippen LogP contribution in [0.4, 0.5) is 9.18 Å². The highest BCUT2D eigenvalue weighted by Gasteiger charge is 2.31. The quantitative estimate of drug-likeness (QED) is 0.895. The second-order valence-corrected chi connectivity index (χ2v) is 6.46. The lowest BCUT2D eigenvalue weighted by Gasteiger charge is -2.25. The van der Waals surface area contributed by atoms with E-state index in [0.717, 1.165) is 31.2 Å². The first-order valence-corrected chi connectivity index (χ1v) is 8.16. The Balaban J connectivity index is 1.65. The van der Waals surface area contributed by atoms with E-state index in [1.165, 1.54) is 17.0 Å². The maximum atomic E-state index is 13.4. The van der Waals surface area contributed by atoms with Gasteiger partial charge in [0.05, 0.1) is 18.8 Å². The Bertz CT molecular complexity index is 577. The molecule has 5 nitrogen and oxygen atoms in total. The van der Waals surface area contributed by atoms with E-state index in [-0.39, 0.29) is 17.9 Å². The molecule has 2 unspecified atom stereocenters. The first kappa shape index (κ1) is 16.1. The van der Waals surface area contributed by atoms with E-state index in [1.54, 1.807) is 13.1 Å². The smallest absolute Gasteiger partial charge is 0.317 e. The minimum Gasteiger partial charge on any atom is -0.493 e. The number of likely N-dealkylation sites (N-methyl/N-ethyl adjacent to an activating group) is 1. The summed E-state index contributed by atoms with van der Waals surface area (Å²) in [6.07, 6.45) is 3.15. The predicted octanol–water partition coefficient (Wildman–Crippen LogP) is 2.45. The molecule has 0 radical (unpaired) electrons. The first-order valence-electron chi connectivity index (χ1n) is 8.16. The minimum absolute atomic E-state index is 0.207. The van der Waals surface area contributed by atoms with Crippen LogP contribution in [-0.2, 0) is 0 Å². The molecule has 1 aromatic rings. The predicted molar refractivity (Wildman–Crippen MR) is 83.8 cm³/mol. The number of nitrogens with zero attached hydrogens (tertiary/aromatic N) is 1. The number of carbonyl (C=O) groups is 1. The fraction of sp³-hybridized carbons (Fsp3) is 0.588. The first-order chi connectivity index (χ1) is 11.0. The number of hydrogen-bond donors (Lipinski definition) is 2. The Morgan fingerprint density at radius 1 is 1.48 bits per heavy atom. The molecule has 2 atom stereocenters. The Morgan fingerprint density at radius 3 is 3.00 bits per heavy atom. The number of urea groups is 1.